The number of nitrogens with zero attached hydrogens (tertiary/aromatic N) is 2. The Balaban J connectivity index is 1.16. The second kappa shape index (κ2) is 14.5. The number of ether oxygens (including phenoxy) is 6. The Morgan fingerprint density at radius 2 is 1.45 bits per heavy atom. The molecule has 44 heavy (non-hydrogen) atoms. The lowest BCUT2D eigenvalue weighted by molar-refractivity contribution is 0.134. The van der Waals surface area contributed by atoms with Crippen LogP contribution < -0.4 is 9.47 Å². The summed E-state index contributed by atoms with van der Waals surface area (Å²) in [6.45, 7) is 9.20. The predicted molar refractivity (Wildman–Crippen MR) is 174 cm³/mol. The van der Waals surface area contributed by atoms with E-state index in [9.17, 15) is 0 Å². The number of piperazine rings is 1. The van der Waals surface area contributed by atoms with Crippen LogP contribution in [0.2, 0.25) is 0 Å². The van der Waals surface area contributed by atoms with Crippen LogP contribution in [-0.4, -0.2) is 91.7 Å². The van der Waals surface area contributed by atoms with Crippen molar-refractivity contribution in [2.75, 3.05) is 81.9 Å². The first kappa shape index (κ1) is 31.9. The van der Waals surface area contributed by atoms with Crippen molar-refractivity contribution in [1.29, 1.82) is 0 Å². The fourth-order valence-corrected chi connectivity index (χ4v) is 6.83. The van der Waals surface area contributed by atoms with Gasteiger partial charge in [-0.2, -0.15) is 0 Å². The summed E-state index contributed by atoms with van der Waals surface area (Å²) < 4.78 is 33.9. The molecule has 2 aliphatic carbocycles. The lowest BCUT2D eigenvalue weighted by Crippen LogP contribution is -2.47. The van der Waals surface area contributed by atoms with Crippen LogP contribution in [-0.2, 0) is 32.0 Å². The van der Waals surface area contributed by atoms with Crippen molar-refractivity contribution in [2.45, 2.75) is 26.4 Å². The molecule has 0 bridgehead atoms. The number of hydrogen-bond donors (Lipinski definition) is 0. The fourth-order valence-electron chi connectivity index (χ4n) is 6.83. The van der Waals surface area contributed by atoms with E-state index in [1.165, 1.54) is 16.7 Å². The van der Waals surface area contributed by atoms with E-state index in [0.717, 1.165) is 91.5 Å². The molecule has 1 saturated heterocycles. The van der Waals surface area contributed by atoms with Gasteiger partial charge in [-0.3, -0.25) is 0 Å². The maximum atomic E-state index is 5.82. The minimum absolute atomic E-state index is 0.227. The molecule has 3 aliphatic rings. The van der Waals surface area contributed by atoms with Crippen LogP contribution in [0.4, 0.5) is 0 Å². The van der Waals surface area contributed by atoms with Gasteiger partial charge in [0.1, 0.15) is 0 Å². The van der Waals surface area contributed by atoms with E-state index in [-0.39, 0.29) is 5.92 Å². The van der Waals surface area contributed by atoms with E-state index in [0.29, 0.717) is 18.3 Å². The Bertz CT molecular complexity index is 1450. The van der Waals surface area contributed by atoms with Crippen molar-refractivity contribution < 1.29 is 28.4 Å². The lowest BCUT2D eigenvalue weighted by atomic mass is 9.76. The number of fused-ring (bicyclic) bond motifs is 2. The van der Waals surface area contributed by atoms with Gasteiger partial charge in [-0.05, 0) is 47.2 Å². The maximum Gasteiger partial charge on any atom is 0.203 e. The van der Waals surface area contributed by atoms with Gasteiger partial charge in [-0.15, -0.1) is 0 Å². The van der Waals surface area contributed by atoms with Crippen LogP contribution >= 0.6 is 0 Å². The third kappa shape index (κ3) is 6.63. The molecular weight excluding hydrogens is 556 g/mol. The van der Waals surface area contributed by atoms with Crippen molar-refractivity contribution in [3.63, 3.8) is 0 Å². The van der Waals surface area contributed by atoms with Gasteiger partial charge in [0.15, 0.2) is 23.0 Å². The summed E-state index contributed by atoms with van der Waals surface area (Å²) in [4.78, 5) is 5.18. The highest BCUT2D eigenvalue weighted by atomic mass is 16.5. The largest absolute Gasteiger partial charge is 0.493 e. The number of hydrogen-bond acceptors (Lipinski definition) is 8. The van der Waals surface area contributed by atoms with E-state index >= 15 is 0 Å². The van der Waals surface area contributed by atoms with Gasteiger partial charge in [-0.25, -0.2) is 0 Å². The van der Waals surface area contributed by atoms with Crippen molar-refractivity contribution >= 4 is 10.8 Å². The average molecular weight is 605 g/mol. The second-order valence-corrected chi connectivity index (χ2v) is 11.8. The normalized spacial score (nSPS) is 20.9. The molecule has 8 heteroatoms. The number of rotatable bonds is 13. The Morgan fingerprint density at radius 3 is 2.07 bits per heavy atom. The van der Waals surface area contributed by atoms with Gasteiger partial charge in [0.05, 0.1) is 42.2 Å². The van der Waals surface area contributed by atoms with E-state index in [1.54, 1.807) is 42.7 Å². The summed E-state index contributed by atoms with van der Waals surface area (Å²) in [5.41, 5.74) is 4.90. The van der Waals surface area contributed by atoms with E-state index in [1.807, 2.05) is 6.07 Å². The molecule has 1 heterocycles. The molecule has 0 radical (unpaired) electrons. The van der Waals surface area contributed by atoms with Gasteiger partial charge in [0.25, 0.3) is 0 Å². The van der Waals surface area contributed by atoms with Gasteiger partial charge < -0.3 is 38.2 Å². The first-order valence-corrected chi connectivity index (χ1v) is 15.6. The molecule has 238 valence electrons. The Labute approximate surface area is 262 Å². The third-order valence-electron chi connectivity index (χ3n) is 9.23. The molecule has 1 aliphatic heterocycles. The smallest absolute Gasteiger partial charge is 0.203 e. The molecule has 0 N–H and O–H groups in total. The minimum atomic E-state index is 0.227. The van der Waals surface area contributed by atoms with Crippen molar-refractivity contribution in [3.8, 4) is 11.5 Å². The highest BCUT2D eigenvalue weighted by Crippen LogP contribution is 2.42. The van der Waals surface area contributed by atoms with Crippen LogP contribution in [0.15, 0.2) is 70.9 Å². The molecule has 0 amide bonds. The highest BCUT2D eigenvalue weighted by Gasteiger charge is 2.34. The van der Waals surface area contributed by atoms with Gasteiger partial charge in [-0.1, -0.05) is 42.8 Å². The van der Waals surface area contributed by atoms with Gasteiger partial charge >= 0.3 is 0 Å². The monoisotopic (exact) mass is 604 g/mol. The summed E-state index contributed by atoms with van der Waals surface area (Å²) in [5, 5.41) is 2.29. The minimum Gasteiger partial charge on any atom is -0.493 e. The zero-order valence-corrected chi connectivity index (χ0v) is 27.4. The SMILES string of the molecule is COCc1c(OC)c(OC)cc2ccc(CCN3CCN(CCC4=CC(C)C5C=C(OC)C(OC)=C(OC)C5=C4)CC3)cc12. The number of methoxy groups -OCH3 is 6. The Hall–Kier alpha value is -3.46. The molecule has 2 aromatic carbocycles. The summed E-state index contributed by atoms with van der Waals surface area (Å²) in [6.07, 6.45) is 8.90. The van der Waals surface area contributed by atoms with Gasteiger partial charge in [0, 0.05) is 63.4 Å². The van der Waals surface area contributed by atoms with Crippen LogP contribution in [0.5, 0.6) is 11.5 Å². The standard InChI is InChI=1S/C36H48N2O6/c1-24-18-26(20-30-28(24)22-33(41-4)36(44-7)35(30)43-6)11-13-38-16-14-37(15-17-38)12-10-25-8-9-27-21-32(40-3)34(42-5)31(23-39-2)29(27)19-25/h8-9,18-22,24,28H,10-17,23H2,1-7H3. The first-order valence-electron chi connectivity index (χ1n) is 15.6. The van der Waals surface area contributed by atoms with Crippen molar-refractivity contribution in [2.24, 2.45) is 11.8 Å². The lowest BCUT2D eigenvalue weighted by Gasteiger charge is -2.35. The predicted octanol–water partition coefficient (Wildman–Crippen LogP) is 5.72. The Kier molecular flexibility index (Phi) is 10.6. The molecule has 1 fully saturated rings. The fraction of sp³-hybridized carbons (Fsp3) is 0.500. The highest BCUT2D eigenvalue weighted by molar-refractivity contribution is 5.90. The second-order valence-electron chi connectivity index (χ2n) is 11.8. The quantitative estimate of drug-likeness (QED) is 0.288. The van der Waals surface area contributed by atoms with Crippen LogP contribution in [0.3, 0.4) is 0 Å². The Morgan fingerprint density at radius 1 is 0.750 bits per heavy atom. The van der Waals surface area contributed by atoms with Gasteiger partial charge in [0.2, 0.25) is 5.76 Å². The molecule has 5 rings (SSSR count). The number of allylic oxidation sites excluding steroid dienone is 4. The van der Waals surface area contributed by atoms with Crippen LogP contribution in [0, 0.1) is 11.8 Å². The molecular formula is C36H48N2O6. The summed E-state index contributed by atoms with van der Waals surface area (Å²) in [7, 11) is 10.1. The van der Waals surface area contributed by atoms with Crippen molar-refractivity contribution in [1.82, 2.24) is 9.80 Å². The molecule has 2 atom stereocenters. The molecule has 8 nitrogen and oxygen atoms in total. The summed E-state index contributed by atoms with van der Waals surface area (Å²) >= 11 is 0. The van der Waals surface area contributed by atoms with Crippen molar-refractivity contribution in [3.05, 3.63) is 82.0 Å². The van der Waals surface area contributed by atoms with Crippen LogP contribution in [0.1, 0.15) is 24.5 Å². The summed E-state index contributed by atoms with van der Waals surface area (Å²) in [6, 6.07) is 8.75. The first-order chi connectivity index (χ1) is 21.4. The number of benzene rings is 2. The molecule has 0 aromatic heterocycles. The summed E-state index contributed by atoms with van der Waals surface area (Å²) in [5.74, 6) is 4.26. The molecule has 0 saturated carbocycles. The zero-order valence-electron chi connectivity index (χ0n) is 27.4. The van der Waals surface area contributed by atoms with E-state index in [2.05, 4.69) is 53.2 Å². The average Bonchev–Trinajstić information content (AvgIpc) is 3.05. The van der Waals surface area contributed by atoms with E-state index in [4.69, 9.17) is 28.4 Å². The topological polar surface area (TPSA) is 61.9 Å². The van der Waals surface area contributed by atoms with E-state index < -0.39 is 0 Å². The zero-order chi connectivity index (χ0) is 31.2. The third-order valence-corrected chi connectivity index (χ3v) is 9.23. The van der Waals surface area contributed by atoms with Crippen LogP contribution in [0.25, 0.3) is 10.8 Å². The molecule has 2 aromatic rings. The molecule has 2 unspecified atom stereocenters. The maximum absolute atomic E-state index is 5.82. The molecule has 0 spiro atoms.